The predicted molar refractivity (Wildman–Crippen MR) is 73.6 cm³/mol. The highest BCUT2D eigenvalue weighted by Crippen LogP contribution is 2.02. The molecule has 2 rings (SSSR count). The second kappa shape index (κ2) is 5.61. The van der Waals surface area contributed by atoms with E-state index in [0.717, 1.165) is 4.68 Å². The van der Waals surface area contributed by atoms with Crippen molar-refractivity contribution in [3.05, 3.63) is 45.0 Å². The van der Waals surface area contributed by atoms with Crippen molar-refractivity contribution in [3.8, 4) is 0 Å². The van der Waals surface area contributed by atoms with Gasteiger partial charge in [-0.15, -0.1) is 0 Å². The van der Waals surface area contributed by atoms with Gasteiger partial charge in [0.15, 0.2) is 6.10 Å². The number of primary amides is 1. The third-order valence-electron chi connectivity index (χ3n) is 2.88. The van der Waals surface area contributed by atoms with Gasteiger partial charge in [0.25, 0.3) is 17.0 Å². The normalized spacial score (nSPS) is 12.0. The Labute approximate surface area is 118 Å². The van der Waals surface area contributed by atoms with Gasteiger partial charge in [-0.1, -0.05) is 12.1 Å². The number of rotatable bonds is 4. The molecule has 8 nitrogen and oxygen atoms in total. The largest absolute Gasteiger partial charge is 0.451 e. The van der Waals surface area contributed by atoms with Crippen molar-refractivity contribution < 1.29 is 14.3 Å². The van der Waals surface area contributed by atoms with Crippen molar-refractivity contribution in [1.82, 2.24) is 9.78 Å². The fraction of sp³-hybridized carbons (Fsp3) is 0.231. The molecule has 0 radical (unpaired) electrons. The van der Waals surface area contributed by atoms with E-state index in [2.05, 4.69) is 5.10 Å². The molecule has 1 unspecified atom stereocenters. The van der Waals surface area contributed by atoms with Crippen LogP contribution in [0.4, 0.5) is 0 Å². The molecule has 1 heterocycles. The number of nitrogens with two attached hydrogens (primary N) is 1. The van der Waals surface area contributed by atoms with Crippen molar-refractivity contribution in [2.45, 2.75) is 19.6 Å². The summed E-state index contributed by atoms with van der Waals surface area (Å²) in [6.07, 6.45) is -1.11. The quantitative estimate of drug-likeness (QED) is 0.707. The van der Waals surface area contributed by atoms with Gasteiger partial charge in [-0.2, -0.15) is 0 Å². The lowest BCUT2D eigenvalue weighted by Gasteiger charge is -2.10. The van der Waals surface area contributed by atoms with Crippen LogP contribution in [0.1, 0.15) is 6.92 Å². The zero-order valence-corrected chi connectivity index (χ0v) is 11.2. The highest BCUT2D eigenvalue weighted by Gasteiger charge is 2.16. The van der Waals surface area contributed by atoms with Gasteiger partial charge < -0.3 is 10.5 Å². The van der Waals surface area contributed by atoms with Crippen LogP contribution in [0.5, 0.6) is 0 Å². The molecule has 1 aromatic heterocycles. The number of carbonyl (C=O) groups is 2. The molecule has 0 fully saturated rings. The van der Waals surface area contributed by atoms with Gasteiger partial charge in [-0.25, -0.2) is 4.68 Å². The zero-order valence-electron chi connectivity index (χ0n) is 11.2. The van der Waals surface area contributed by atoms with Crippen LogP contribution in [0.15, 0.2) is 33.9 Å². The minimum atomic E-state index is -1.11. The number of ether oxygens (including phenoxy) is 1. The molecule has 0 spiro atoms. The topological polar surface area (TPSA) is 124 Å². The van der Waals surface area contributed by atoms with Crippen molar-refractivity contribution >= 4 is 22.6 Å². The molecular weight excluding hydrogens is 278 g/mol. The Bertz CT molecular complexity index is 820. The van der Waals surface area contributed by atoms with E-state index in [-0.39, 0.29) is 10.8 Å². The molecule has 1 atom stereocenters. The smallest absolute Gasteiger partial charge is 0.328 e. The van der Waals surface area contributed by atoms with E-state index in [1.54, 1.807) is 12.1 Å². The van der Waals surface area contributed by atoms with E-state index in [9.17, 15) is 19.2 Å². The summed E-state index contributed by atoms with van der Waals surface area (Å²) in [7, 11) is 0. The lowest BCUT2D eigenvalue weighted by molar-refractivity contribution is -0.154. The number of carbonyl (C=O) groups excluding carboxylic acids is 2. The Morgan fingerprint density at radius 3 is 2.52 bits per heavy atom. The van der Waals surface area contributed by atoms with Gasteiger partial charge >= 0.3 is 5.97 Å². The van der Waals surface area contributed by atoms with Crippen molar-refractivity contribution in [2.24, 2.45) is 5.73 Å². The highest BCUT2D eigenvalue weighted by molar-refractivity contribution is 5.82. The first kappa shape index (κ1) is 14.5. The first-order chi connectivity index (χ1) is 9.90. The van der Waals surface area contributed by atoms with Crippen LogP contribution in [0.3, 0.4) is 0 Å². The summed E-state index contributed by atoms with van der Waals surface area (Å²) < 4.78 is 5.56. The second-order valence-electron chi connectivity index (χ2n) is 4.41. The molecule has 0 saturated heterocycles. The number of hydrogen-bond acceptors (Lipinski definition) is 5. The molecule has 0 bridgehead atoms. The summed E-state index contributed by atoms with van der Waals surface area (Å²) in [5.74, 6) is -1.66. The van der Waals surface area contributed by atoms with E-state index in [1.165, 1.54) is 19.1 Å². The summed E-state index contributed by atoms with van der Waals surface area (Å²) >= 11 is 0. The number of benzene rings is 1. The summed E-state index contributed by atoms with van der Waals surface area (Å²) in [5.41, 5.74) is 3.93. The zero-order chi connectivity index (χ0) is 15.6. The van der Waals surface area contributed by atoms with Gasteiger partial charge in [0.05, 0.1) is 10.8 Å². The Hall–Kier alpha value is -2.90. The molecule has 110 valence electrons. The second-order valence-corrected chi connectivity index (χ2v) is 4.41. The van der Waals surface area contributed by atoms with Crippen molar-refractivity contribution in [2.75, 3.05) is 0 Å². The molecule has 2 aromatic rings. The number of aromatic amines is 1. The number of hydrogen-bond donors (Lipinski definition) is 2. The minimum Gasteiger partial charge on any atom is -0.451 e. The lowest BCUT2D eigenvalue weighted by Crippen LogP contribution is -2.36. The maximum absolute atomic E-state index is 12.1. The number of amides is 1. The van der Waals surface area contributed by atoms with Gasteiger partial charge in [-0.05, 0) is 19.1 Å². The van der Waals surface area contributed by atoms with E-state index in [4.69, 9.17) is 10.5 Å². The Kier molecular flexibility index (Phi) is 3.88. The SMILES string of the molecule is CC(OC(=O)Cn1[nH]c(=O)c2ccccc2c1=O)C(N)=O. The number of esters is 1. The summed E-state index contributed by atoms with van der Waals surface area (Å²) in [5, 5.41) is 2.71. The molecule has 0 aliphatic rings. The van der Waals surface area contributed by atoms with Gasteiger partial charge in [0, 0.05) is 0 Å². The number of fused-ring (bicyclic) bond motifs is 1. The molecular formula is C13H13N3O5. The number of nitrogens with one attached hydrogen (secondary N) is 1. The first-order valence-electron chi connectivity index (χ1n) is 6.11. The van der Waals surface area contributed by atoms with Crippen LogP contribution in [0.25, 0.3) is 10.8 Å². The Morgan fingerprint density at radius 2 is 1.90 bits per heavy atom. The van der Waals surface area contributed by atoms with Gasteiger partial charge in [-0.3, -0.25) is 24.3 Å². The fourth-order valence-electron chi connectivity index (χ4n) is 1.78. The summed E-state index contributed by atoms with van der Waals surface area (Å²) in [6, 6.07) is 6.24. The minimum absolute atomic E-state index is 0.192. The predicted octanol–water partition coefficient (Wildman–Crippen LogP) is -0.893. The van der Waals surface area contributed by atoms with Crippen LogP contribution in [-0.4, -0.2) is 27.8 Å². The average Bonchev–Trinajstić information content (AvgIpc) is 2.44. The number of H-pyrrole nitrogens is 1. The summed E-state index contributed by atoms with van der Waals surface area (Å²) in [4.78, 5) is 46.4. The van der Waals surface area contributed by atoms with Crippen LogP contribution < -0.4 is 16.9 Å². The van der Waals surface area contributed by atoms with Crippen LogP contribution in [0.2, 0.25) is 0 Å². The van der Waals surface area contributed by atoms with Crippen molar-refractivity contribution in [1.29, 1.82) is 0 Å². The maximum atomic E-state index is 12.1. The van der Waals surface area contributed by atoms with Crippen LogP contribution in [-0.2, 0) is 20.9 Å². The Morgan fingerprint density at radius 1 is 1.29 bits per heavy atom. The molecule has 0 saturated carbocycles. The number of nitrogens with zero attached hydrogens (tertiary/aromatic N) is 1. The third kappa shape index (κ3) is 2.99. The monoisotopic (exact) mass is 291 g/mol. The van der Waals surface area contributed by atoms with Gasteiger partial charge in [0.1, 0.15) is 6.54 Å². The lowest BCUT2D eigenvalue weighted by atomic mass is 10.2. The standard InChI is InChI=1S/C13H13N3O5/c1-7(11(14)18)21-10(17)6-16-13(20)9-5-3-2-4-8(9)12(19)15-16/h2-5,7H,6H2,1H3,(H2,14,18)(H,15,19). The van der Waals surface area contributed by atoms with Gasteiger partial charge in [0.2, 0.25) is 0 Å². The highest BCUT2D eigenvalue weighted by atomic mass is 16.5. The van der Waals surface area contributed by atoms with E-state index < -0.39 is 35.6 Å². The van der Waals surface area contributed by atoms with E-state index in [0.29, 0.717) is 0 Å². The molecule has 1 aromatic carbocycles. The van der Waals surface area contributed by atoms with Crippen LogP contribution in [0, 0.1) is 0 Å². The molecule has 3 N–H and O–H groups in total. The number of aromatic nitrogens is 2. The average molecular weight is 291 g/mol. The first-order valence-corrected chi connectivity index (χ1v) is 6.11. The summed E-state index contributed by atoms with van der Waals surface area (Å²) in [6.45, 7) is 0.794. The molecule has 21 heavy (non-hydrogen) atoms. The molecule has 0 aliphatic carbocycles. The third-order valence-corrected chi connectivity index (χ3v) is 2.88. The maximum Gasteiger partial charge on any atom is 0.328 e. The fourth-order valence-corrected chi connectivity index (χ4v) is 1.78. The van der Waals surface area contributed by atoms with Crippen molar-refractivity contribution in [3.63, 3.8) is 0 Å². The van der Waals surface area contributed by atoms with E-state index in [1.807, 2.05) is 0 Å². The Balaban J connectivity index is 2.34. The van der Waals surface area contributed by atoms with Crippen LogP contribution >= 0.6 is 0 Å². The van der Waals surface area contributed by atoms with E-state index >= 15 is 0 Å². The molecule has 8 heteroatoms. The molecule has 0 aliphatic heterocycles. The molecule has 1 amide bonds.